The normalized spacial score (nSPS) is 12.2. The van der Waals surface area contributed by atoms with Crippen LogP contribution in [0.15, 0.2) is 0 Å². The van der Waals surface area contributed by atoms with Crippen molar-refractivity contribution in [2.75, 3.05) is 6.61 Å². The van der Waals surface area contributed by atoms with Gasteiger partial charge in [0.1, 0.15) is 12.2 Å². The van der Waals surface area contributed by atoms with Gasteiger partial charge in [0.25, 0.3) is 0 Å². The standard InChI is InChI=1S/C9H16O4/c1-3-7(10)5-8(11)6-9(12)13-4-2/h7,10H,3-6H2,1-2H3. The molecule has 0 aromatic heterocycles. The third kappa shape index (κ3) is 6.28. The van der Waals surface area contributed by atoms with E-state index in [1.54, 1.807) is 13.8 Å². The zero-order valence-corrected chi connectivity index (χ0v) is 8.08. The number of esters is 1. The van der Waals surface area contributed by atoms with Crippen LogP contribution in [0.1, 0.15) is 33.1 Å². The van der Waals surface area contributed by atoms with Crippen LogP contribution in [0.3, 0.4) is 0 Å². The Hall–Kier alpha value is -0.900. The van der Waals surface area contributed by atoms with Crippen LogP contribution in [0.2, 0.25) is 0 Å². The Labute approximate surface area is 77.9 Å². The van der Waals surface area contributed by atoms with E-state index in [0.717, 1.165) is 0 Å². The van der Waals surface area contributed by atoms with E-state index in [4.69, 9.17) is 5.11 Å². The van der Waals surface area contributed by atoms with Crippen LogP contribution in [0.25, 0.3) is 0 Å². The number of aliphatic hydroxyl groups excluding tert-OH is 1. The fourth-order valence-corrected chi connectivity index (χ4v) is 0.852. The fourth-order valence-electron chi connectivity index (χ4n) is 0.852. The average molecular weight is 188 g/mol. The van der Waals surface area contributed by atoms with E-state index in [9.17, 15) is 9.59 Å². The molecule has 0 saturated carbocycles. The second-order valence-corrected chi connectivity index (χ2v) is 2.79. The van der Waals surface area contributed by atoms with Gasteiger partial charge in [-0.3, -0.25) is 9.59 Å². The zero-order chi connectivity index (χ0) is 10.3. The van der Waals surface area contributed by atoms with Gasteiger partial charge in [-0.2, -0.15) is 0 Å². The molecule has 0 aliphatic heterocycles. The van der Waals surface area contributed by atoms with Gasteiger partial charge in [0, 0.05) is 6.42 Å². The lowest BCUT2D eigenvalue weighted by molar-refractivity contribution is -0.145. The molecule has 0 spiro atoms. The predicted octanol–water partition coefficient (Wildman–Crippen LogP) is 0.670. The maximum absolute atomic E-state index is 11.0. The topological polar surface area (TPSA) is 63.6 Å². The molecular weight excluding hydrogens is 172 g/mol. The molecule has 13 heavy (non-hydrogen) atoms. The van der Waals surface area contributed by atoms with Gasteiger partial charge in [-0.05, 0) is 13.3 Å². The SMILES string of the molecule is CCOC(=O)CC(=O)CC(O)CC. The van der Waals surface area contributed by atoms with Crippen LogP contribution < -0.4 is 0 Å². The summed E-state index contributed by atoms with van der Waals surface area (Å²) >= 11 is 0. The smallest absolute Gasteiger partial charge is 0.313 e. The van der Waals surface area contributed by atoms with E-state index in [0.29, 0.717) is 6.42 Å². The summed E-state index contributed by atoms with van der Waals surface area (Å²) in [6, 6.07) is 0. The molecule has 4 heteroatoms. The Kier molecular flexibility index (Phi) is 6.14. The molecule has 76 valence electrons. The number of carbonyl (C=O) groups is 2. The van der Waals surface area contributed by atoms with Gasteiger partial charge in [0.2, 0.25) is 0 Å². The highest BCUT2D eigenvalue weighted by atomic mass is 16.5. The lowest BCUT2D eigenvalue weighted by Gasteiger charge is -2.05. The summed E-state index contributed by atoms with van der Waals surface area (Å²) in [5.74, 6) is -0.788. The summed E-state index contributed by atoms with van der Waals surface area (Å²) < 4.78 is 4.59. The molecule has 0 bridgehead atoms. The van der Waals surface area contributed by atoms with E-state index in [2.05, 4.69) is 4.74 Å². The van der Waals surface area contributed by atoms with Gasteiger partial charge < -0.3 is 9.84 Å². The van der Waals surface area contributed by atoms with Gasteiger partial charge in [-0.25, -0.2) is 0 Å². The van der Waals surface area contributed by atoms with Crippen molar-refractivity contribution in [1.82, 2.24) is 0 Å². The maximum Gasteiger partial charge on any atom is 0.313 e. The molecule has 0 fully saturated rings. The fraction of sp³-hybridized carbons (Fsp3) is 0.778. The molecule has 1 unspecified atom stereocenters. The van der Waals surface area contributed by atoms with Crippen LogP contribution in [-0.2, 0) is 14.3 Å². The third-order valence-corrected chi connectivity index (χ3v) is 1.58. The van der Waals surface area contributed by atoms with Crippen molar-refractivity contribution in [3.63, 3.8) is 0 Å². The minimum Gasteiger partial charge on any atom is -0.466 e. The van der Waals surface area contributed by atoms with Crippen LogP contribution in [-0.4, -0.2) is 29.6 Å². The van der Waals surface area contributed by atoms with Crippen molar-refractivity contribution in [2.24, 2.45) is 0 Å². The highest BCUT2D eigenvalue weighted by Crippen LogP contribution is 2.01. The number of hydrogen-bond acceptors (Lipinski definition) is 4. The minimum absolute atomic E-state index is 0.0370. The van der Waals surface area contributed by atoms with Crippen LogP contribution >= 0.6 is 0 Å². The van der Waals surface area contributed by atoms with E-state index in [-0.39, 0.29) is 25.2 Å². The highest BCUT2D eigenvalue weighted by molar-refractivity contribution is 5.95. The zero-order valence-electron chi connectivity index (χ0n) is 8.08. The molecule has 0 heterocycles. The summed E-state index contributed by atoms with van der Waals surface area (Å²) in [4.78, 5) is 21.8. The van der Waals surface area contributed by atoms with Crippen molar-refractivity contribution in [3.05, 3.63) is 0 Å². The Morgan fingerprint density at radius 3 is 2.46 bits per heavy atom. The van der Waals surface area contributed by atoms with Gasteiger partial charge in [-0.1, -0.05) is 6.92 Å². The molecule has 0 saturated heterocycles. The van der Waals surface area contributed by atoms with Gasteiger partial charge in [-0.15, -0.1) is 0 Å². The number of aliphatic hydroxyl groups is 1. The summed E-state index contributed by atoms with van der Waals surface area (Å²) in [7, 11) is 0. The molecule has 1 atom stereocenters. The highest BCUT2D eigenvalue weighted by Gasteiger charge is 2.13. The summed E-state index contributed by atoms with van der Waals surface area (Å²) in [6.45, 7) is 3.74. The van der Waals surface area contributed by atoms with Crippen LogP contribution in [0, 0.1) is 0 Å². The molecule has 0 aliphatic rings. The van der Waals surface area contributed by atoms with Gasteiger partial charge in [0.05, 0.1) is 12.7 Å². The summed E-state index contributed by atoms with van der Waals surface area (Å²) in [5, 5.41) is 9.10. The first-order chi connectivity index (χ1) is 6.10. The first-order valence-electron chi connectivity index (χ1n) is 4.45. The largest absolute Gasteiger partial charge is 0.466 e. The number of ketones is 1. The molecule has 0 amide bonds. The lowest BCUT2D eigenvalue weighted by Crippen LogP contribution is -2.16. The van der Waals surface area contributed by atoms with Gasteiger partial charge in [0.15, 0.2) is 0 Å². The first kappa shape index (κ1) is 12.1. The molecule has 0 aromatic rings. The Bertz CT molecular complexity index is 176. The van der Waals surface area contributed by atoms with Gasteiger partial charge >= 0.3 is 5.97 Å². The number of ether oxygens (including phenoxy) is 1. The number of hydrogen-bond donors (Lipinski definition) is 1. The van der Waals surface area contributed by atoms with E-state index in [1.807, 2.05) is 0 Å². The molecule has 4 nitrogen and oxygen atoms in total. The lowest BCUT2D eigenvalue weighted by atomic mass is 10.1. The second kappa shape index (κ2) is 6.60. The first-order valence-corrected chi connectivity index (χ1v) is 4.45. The number of carbonyl (C=O) groups excluding carboxylic acids is 2. The third-order valence-electron chi connectivity index (χ3n) is 1.58. The summed E-state index contributed by atoms with van der Waals surface area (Å²) in [6.07, 6.45) is -0.309. The van der Waals surface area contributed by atoms with Crippen molar-refractivity contribution >= 4 is 11.8 Å². The predicted molar refractivity (Wildman–Crippen MR) is 47.2 cm³/mol. The maximum atomic E-state index is 11.0. The Balaban J connectivity index is 3.67. The Morgan fingerprint density at radius 2 is 2.00 bits per heavy atom. The van der Waals surface area contributed by atoms with Crippen LogP contribution in [0.5, 0.6) is 0 Å². The van der Waals surface area contributed by atoms with Crippen LogP contribution in [0.4, 0.5) is 0 Å². The monoisotopic (exact) mass is 188 g/mol. The Morgan fingerprint density at radius 1 is 1.38 bits per heavy atom. The van der Waals surface area contributed by atoms with E-state index < -0.39 is 12.1 Å². The molecule has 0 aromatic carbocycles. The molecule has 0 aliphatic carbocycles. The molecular formula is C9H16O4. The second-order valence-electron chi connectivity index (χ2n) is 2.79. The van der Waals surface area contributed by atoms with Crippen molar-refractivity contribution < 1.29 is 19.4 Å². The summed E-state index contributed by atoms with van der Waals surface area (Å²) in [5.41, 5.74) is 0. The van der Waals surface area contributed by atoms with E-state index in [1.165, 1.54) is 0 Å². The van der Waals surface area contributed by atoms with Crippen molar-refractivity contribution in [1.29, 1.82) is 0 Å². The average Bonchev–Trinajstić information content (AvgIpc) is 2.04. The minimum atomic E-state index is -0.637. The van der Waals surface area contributed by atoms with E-state index >= 15 is 0 Å². The van der Waals surface area contributed by atoms with Crippen molar-refractivity contribution in [2.45, 2.75) is 39.2 Å². The molecule has 1 N–H and O–H groups in total. The number of Topliss-reactive ketones (excluding diaryl/α,β-unsaturated/α-hetero) is 1. The number of rotatable bonds is 6. The molecule has 0 rings (SSSR count). The quantitative estimate of drug-likeness (QED) is 0.491. The van der Waals surface area contributed by atoms with Crippen molar-refractivity contribution in [3.8, 4) is 0 Å². The molecule has 0 radical (unpaired) electrons.